The Balaban J connectivity index is 2.82. The molecule has 0 aromatic heterocycles. The molecule has 0 aliphatic heterocycles. The van der Waals surface area contributed by atoms with E-state index in [1.165, 1.54) is 0 Å². The number of benzene rings is 1. The lowest BCUT2D eigenvalue weighted by Gasteiger charge is -2.18. The Hall–Kier alpha value is -1.27. The Bertz CT molecular complexity index is 465. The quantitative estimate of drug-likeness (QED) is 0.710. The van der Waals surface area contributed by atoms with E-state index in [1.807, 2.05) is 24.1 Å². The number of esters is 1. The molecule has 0 heterocycles. The van der Waals surface area contributed by atoms with Gasteiger partial charge in [-0.25, -0.2) is 0 Å². The van der Waals surface area contributed by atoms with Crippen molar-refractivity contribution in [3.05, 3.63) is 22.2 Å². The van der Waals surface area contributed by atoms with Gasteiger partial charge >= 0.3 is 5.97 Å². The number of methoxy groups -OCH3 is 2. The fraction of sp³-hybridized carbons (Fsp3) is 0.500. The Morgan fingerprint density at radius 1 is 1.25 bits per heavy atom. The molecule has 0 fully saturated rings. The number of likely N-dealkylation sites (N-methyl/N-ethyl adjacent to an activating group) is 1. The van der Waals surface area contributed by atoms with E-state index < -0.39 is 0 Å². The lowest BCUT2D eigenvalue weighted by Crippen LogP contribution is -2.27. The first-order valence-corrected chi connectivity index (χ1v) is 7.05. The van der Waals surface area contributed by atoms with Crippen LogP contribution < -0.4 is 9.47 Å². The van der Waals surface area contributed by atoms with Crippen LogP contribution >= 0.6 is 15.9 Å². The van der Waals surface area contributed by atoms with Gasteiger partial charge in [0.1, 0.15) is 11.5 Å². The number of ether oxygens (including phenoxy) is 3. The third-order valence-corrected chi connectivity index (χ3v) is 3.32. The van der Waals surface area contributed by atoms with E-state index >= 15 is 0 Å². The van der Waals surface area contributed by atoms with Crippen molar-refractivity contribution in [2.75, 3.05) is 34.4 Å². The summed E-state index contributed by atoms with van der Waals surface area (Å²) >= 11 is 3.42. The highest BCUT2D eigenvalue weighted by molar-refractivity contribution is 9.10. The molecule has 1 rings (SSSR count). The summed E-state index contributed by atoms with van der Waals surface area (Å²) in [7, 11) is 5.08. The van der Waals surface area contributed by atoms with E-state index in [0.29, 0.717) is 13.2 Å². The van der Waals surface area contributed by atoms with Gasteiger partial charge in [0.25, 0.3) is 0 Å². The summed E-state index contributed by atoms with van der Waals surface area (Å²) in [5.41, 5.74) is 0.944. The lowest BCUT2D eigenvalue weighted by molar-refractivity contribution is -0.144. The molecule has 0 atom stereocenters. The van der Waals surface area contributed by atoms with E-state index in [-0.39, 0.29) is 12.5 Å². The number of nitrogens with zero attached hydrogens (tertiary/aromatic N) is 1. The van der Waals surface area contributed by atoms with Crippen molar-refractivity contribution in [2.24, 2.45) is 0 Å². The highest BCUT2D eigenvalue weighted by Crippen LogP contribution is 2.33. The molecule has 0 unspecified atom stereocenters. The van der Waals surface area contributed by atoms with Gasteiger partial charge < -0.3 is 14.2 Å². The van der Waals surface area contributed by atoms with Crippen LogP contribution in [0.5, 0.6) is 11.5 Å². The third kappa shape index (κ3) is 4.68. The molecule has 1 aromatic carbocycles. The van der Waals surface area contributed by atoms with Gasteiger partial charge in [-0.1, -0.05) is 0 Å². The van der Waals surface area contributed by atoms with E-state index in [9.17, 15) is 4.79 Å². The maximum Gasteiger partial charge on any atom is 0.320 e. The maximum atomic E-state index is 11.4. The predicted octanol–water partition coefficient (Wildman–Crippen LogP) is 2.46. The number of halogens is 1. The molecular formula is C14H20BrNO4. The molecule has 0 spiro atoms. The Morgan fingerprint density at radius 2 is 1.90 bits per heavy atom. The second-order valence-electron chi connectivity index (χ2n) is 4.28. The van der Waals surface area contributed by atoms with Crippen molar-refractivity contribution < 1.29 is 19.0 Å². The number of hydrogen-bond acceptors (Lipinski definition) is 5. The first-order valence-electron chi connectivity index (χ1n) is 6.26. The van der Waals surface area contributed by atoms with Gasteiger partial charge in [0, 0.05) is 12.1 Å². The van der Waals surface area contributed by atoms with E-state index in [4.69, 9.17) is 14.2 Å². The highest BCUT2D eigenvalue weighted by Gasteiger charge is 2.13. The number of carbonyl (C=O) groups excluding carboxylic acids is 1. The van der Waals surface area contributed by atoms with E-state index in [1.54, 1.807) is 21.1 Å². The van der Waals surface area contributed by atoms with Crippen LogP contribution in [0.2, 0.25) is 0 Å². The number of rotatable bonds is 7. The van der Waals surface area contributed by atoms with Crippen LogP contribution in [-0.2, 0) is 16.1 Å². The zero-order chi connectivity index (χ0) is 15.1. The first kappa shape index (κ1) is 16.8. The molecule has 0 saturated carbocycles. The molecule has 0 bridgehead atoms. The molecule has 6 heteroatoms. The van der Waals surface area contributed by atoms with Crippen LogP contribution in [0, 0.1) is 0 Å². The van der Waals surface area contributed by atoms with Crippen molar-refractivity contribution in [1.82, 2.24) is 4.90 Å². The van der Waals surface area contributed by atoms with Crippen molar-refractivity contribution in [3.63, 3.8) is 0 Å². The van der Waals surface area contributed by atoms with Crippen LogP contribution in [0.25, 0.3) is 0 Å². The van der Waals surface area contributed by atoms with Crippen molar-refractivity contribution in [2.45, 2.75) is 13.5 Å². The molecule has 0 aliphatic rings. The third-order valence-electron chi connectivity index (χ3n) is 2.70. The number of carbonyl (C=O) groups is 1. The minimum Gasteiger partial charge on any atom is -0.496 e. The van der Waals surface area contributed by atoms with Gasteiger partial charge in [0.2, 0.25) is 0 Å². The van der Waals surface area contributed by atoms with Crippen molar-refractivity contribution in [1.29, 1.82) is 0 Å². The van der Waals surface area contributed by atoms with Gasteiger partial charge in [-0.3, -0.25) is 9.69 Å². The molecule has 112 valence electrons. The summed E-state index contributed by atoms with van der Waals surface area (Å²) in [4.78, 5) is 13.3. The topological polar surface area (TPSA) is 48.0 Å². The van der Waals surface area contributed by atoms with E-state index in [0.717, 1.165) is 21.5 Å². The van der Waals surface area contributed by atoms with Gasteiger partial charge in [-0.2, -0.15) is 0 Å². The fourth-order valence-corrected chi connectivity index (χ4v) is 2.31. The molecule has 0 N–H and O–H groups in total. The van der Waals surface area contributed by atoms with Crippen LogP contribution in [-0.4, -0.2) is 45.3 Å². The second kappa shape index (κ2) is 8.11. The van der Waals surface area contributed by atoms with Crippen LogP contribution in [0.3, 0.4) is 0 Å². The largest absolute Gasteiger partial charge is 0.496 e. The Morgan fingerprint density at radius 3 is 2.45 bits per heavy atom. The van der Waals surface area contributed by atoms with E-state index in [2.05, 4.69) is 15.9 Å². The van der Waals surface area contributed by atoms with Crippen molar-refractivity contribution >= 4 is 21.9 Å². The second-order valence-corrected chi connectivity index (χ2v) is 5.13. The maximum absolute atomic E-state index is 11.4. The van der Waals surface area contributed by atoms with Gasteiger partial charge in [-0.15, -0.1) is 0 Å². The zero-order valence-electron chi connectivity index (χ0n) is 12.2. The Labute approximate surface area is 127 Å². The molecule has 20 heavy (non-hydrogen) atoms. The predicted molar refractivity (Wildman–Crippen MR) is 80.2 cm³/mol. The molecule has 0 aliphatic carbocycles. The fourth-order valence-electron chi connectivity index (χ4n) is 1.82. The molecular weight excluding hydrogens is 326 g/mol. The molecule has 5 nitrogen and oxygen atoms in total. The first-order chi connectivity index (χ1) is 9.51. The smallest absolute Gasteiger partial charge is 0.320 e. The average molecular weight is 346 g/mol. The SMILES string of the molecule is CCOC(=O)CN(C)Cc1cc(OC)c(Br)cc1OC. The standard InChI is InChI=1S/C14H20BrNO4/c1-5-20-14(17)9-16(2)8-10-6-13(19-4)11(15)7-12(10)18-3/h6-7H,5,8-9H2,1-4H3. The summed E-state index contributed by atoms with van der Waals surface area (Å²) < 4.78 is 16.4. The minimum absolute atomic E-state index is 0.232. The molecule has 0 radical (unpaired) electrons. The lowest BCUT2D eigenvalue weighted by atomic mass is 10.1. The van der Waals surface area contributed by atoms with Gasteiger partial charge in [0.15, 0.2) is 0 Å². The highest BCUT2D eigenvalue weighted by atomic mass is 79.9. The average Bonchev–Trinajstić information content (AvgIpc) is 2.40. The molecule has 0 saturated heterocycles. The zero-order valence-corrected chi connectivity index (χ0v) is 13.8. The summed E-state index contributed by atoms with van der Waals surface area (Å²) in [6, 6.07) is 3.75. The summed E-state index contributed by atoms with van der Waals surface area (Å²) in [5.74, 6) is 1.23. The van der Waals surface area contributed by atoms with Gasteiger partial charge in [-0.05, 0) is 42.0 Å². The summed E-state index contributed by atoms with van der Waals surface area (Å²) in [5, 5.41) is 0. The Kier molecular flexibility index (Phi) is 6.81. The van der Waals surface area contributed by atoms with Crippen LogP contribution in [0.1, 0.15) is 12.5 Å². The molecule has 0 amide bonds. The van der Waals surface area contributed by atoms with Crippen molar-refractivity contribution in [3.8, 4) is 11.5 Å². The van der Waals surface area contributed by atoms with Crippen LogP contribution in [0.4, 0.5) is 0 Å². The summed E-state index contributed by atoms with van der Waals surface area (Å²) in [6.45, 7) is 2.98. The molecule has 1 aromatic rings. The normalized spacial score (nSPS) is 10.5. The minimum atomic E-state index is -0.238. The summed E-state index contributed by atoms with van der Waals surface area (Å²) in [6.07, 6.45) is 0. The monoisotopic (exact) mass is 345 g/mol. The van der Waals surface area contributed by atoms with Gasteiger partial charge in [0.05, 0.1) is 31.8 Å². The number of hydrogen-bond donors (Lipinski definition) is 0. The van der Waals surface area contributed by atoms with Crippen LogP contribution in [0.15, 0.2) is 16.6 Å².